The first-order valence-electron chi connectivity index (χ1n) is 5.54. The highest BCUT2D eigenvalue weighted by atomic mass is 32.1. The molecular weight excluding hydrogens is 275 g/mol. The summed E-state index contributed by atoms with van der Waals surface area (Å²) in [6, 6.07) is 2.91. The second-order valence-corrected chi connectivity index (χ2v) is 4.74. The second-order valence-electron chi connectivity index (χ2n) is 3.96. The summed E-state index contributed by atoms with van der Waals surface area (Å²) < 4.78 is 37.5. The van der Waals surface area contributed by atoms with Crippen LogP contribution in [-0.4, -0.2) is 11.5 Å². The highest BCUT2D eigenvalue weighted by Gasteiger charge is 2.32. The van der Waals surface area contributed by atoms with E-state index in [0.29, 0.717) is 6.54 Å². The van der Waals surface area contributed by atoms with Crippen LogP contribution >= 0.6 is 11.3 Å². The van der Waals surface area contributed by atoms with Crippen LogP contribution in [0.3, 0.4) is 0 Å². The second kappa shape index (κ2) is 5.48. The van der Waals surface area contributed by atoms with Gasteiger partial charge in [0.2, 0.25) is 0 Å². The Morgan fingerprint density at radius 3 is 2.79 bits per heavy atom. The van der Waals surface area contributed by atoms with Crippen LogP contribution in [0.1, 0.15) is 11.3 Å². The predicted octanol–water partition coefficient (Wildman–Crippen LogP) is 3.40. The molecule has 102 valence electrons. The number of nitrogens with one attached hydrogen (secondary N) is 1. The van der Waals surface area contributed by atoms with Crippen molar-refractivity contribution in [2.45, 2.75) is 12.6 Å². The molecule has 2 heterocycles. The van der Waals surface area contributed by atoms with E-state index in [1.54, 1.807) is 11.3 Å². The van der Waals surface area contributed by atoms with Gasteiger partial charge in [-0.3, -0.25) is 0 Å². The van der Waals surface area contributed by atoms with Gasteiger partial charge in [-0.1, -0.05) is 0 Å². The number of aromatic nitrogens is 1. The first kappa shape index (κ1) is 13.7. The molecule has 0 atom stereocenters. The topological polar surface area (TPSA) is 50.9 Å². The number of nitrogens with two attached hydrogens (primary N) is 1. The number of nitrogens with zero attached hydrogens (tertiary/aromatic N) is 1. The van der Waals surface area contributed by atoms with Crippen molar-refractivity contribution in [1.29, 1.82) is 0 Å². The van der Waals surface area contributed by atoms with Gasteiger partial charge in [0.15, 0.2) is 0 Å². The summed E-state index contributed by atoms with van der Waals surface area (Å²) in [6.07, 6.45) is -2.71. The van der Waals surface area contributed by atoms with Gasteiger partial charge in [0.1, 0.15) is 5.69 Å². The van der Waals surface area contributed by atoms with Crippen molar-refractivity contribution in [2.24, 2.45) is 0 Å². The van der Waals surface area contributed by atoms with Gasteiger partial charge < -0.3 is 11.1 Å². The fraction of sp³-hybridized carbons (Fsp3) is 0.250. The van der Waals surface area contributed by atoms with Crippen molar-refractivity contribution >= 4 is 22.7 Å². The smallest absolute Gasteiger partial charge is 0.396 e. The molecule has 0 amide bonds. The Labute approximate surface area is 112 Å². The average molecular weight is 287 g/mol. The summed E-state index contributed by atoms with van der Waals surface area (Å²) in [7, 11) is 0. The molecule has 0 aliphatic rings. The molecule has 2 aromatic rings. The van der Waals surface area contributed by atoms with Crippen LogP contribution in [0.5, 0.6) is 0 Å². The summed E-state index contributed by atoms with van der Waals surface area (Å²) >= 11 is 1.58. The van der Waals surface area contributed by atoms with Crippen LogP contribution in [0.4, 0.5) is 24.5 Å². The number of hydrogen-bond donors (Lipinski definition) is 2. The molecule has 7 heteroatoms. The van der Waals surface area contributed by atoms with Crippen molar-refractivity contribution in [2.75, 3.05) is 17.6 Å². The Kier molecular flexibility index (Phi) is 3.94. The first-order valence-corrected chi connectivity index (χ1v) is 6.49. The Morgan fingerprint density at radius 1 is 1.37 bits per heavy atom. The van der Waals surface area contributed by atoms with E-state index in [4.69, 9.17) is 5.73 Å². The summed E-state index contributed by atoms with van der Waals surface area (Å²) in [5, 5.41) is 6.86. The number of rotatable bonds is 4. The van der Waals surface area contributed by atoms with Gasteiger partial charge in [0, 0.05) is 6.54 Å². The van der Waals surface area contributed by atoms with Crippen molar-refractivity contribution < 1.29 is 13.2 Å². The fourth-order valence-electron chi connectivity index (χ4n) is 1.55. The molecule has 0 saturated carbocycles. The van der Waals surface area contributed by atoms with Crippen molar-refractivity contribution in [3.05, 3.63) is 40.3 Å². The van der Waals surface area contributed by atoms with Gasteiger partial charge in [-0.15, -0.1) is 0 Å². The molecule has 0 spiro atoms. The molecule has 0 aromatic carbocycles. The van der Waals surface area contributed by atoms with Crippen molar-refractivity contribution in [3.8, 4) is 0 Å². The summed E-state index contributed by atoms with van der Waals surface area (Å²) in [5.41, 5.74) is 6.27. The highest BCUT2D eigenvalue weighted by Crippen LogP contribution is 2.30. The van der Waals surface area contributed by atoms with E-state index >= 15 is 0 Å². The molecule has 0 saturated heterocycles. The van der Waals surface area contributed by atoms with Gasteiger partial charge in [-0.2, -0.15) is 24.5 Å². The zero-order valence-electron chi connectivity index (χ0n) is 9.87. The zero-order chi connectivity index (χ0) is 13.9. The Balaban J connectivity index is 2.03. The van der Waals surface area contributed by atoms with E-state index in [-0.39, 0.29) is 11.4 Å². The number of nitrogen functional groups attached to an aromatic ring is 1. The largest absolute Gasteiger partial charge is 0.433 e. The third-order valence-electron chi connectivity index (χ3n) is 2.53. The maximum atomic E-state index is 12.5. The Morgan fingerprint density at radius 2 is 2.16 bits per heavy atom. The minimum Gasteiger partial charge on any atom is -0.396 e. The number of anilines is 2. The molecular formula is C12H12F3N3S. The molecule has 3 N–H and O–H groups in total. The van der Waals surface area contributed by atoms with E-state index in [9.17, 15) is 13.2 Å². The standard InChI is InChI=1S/C12H12F3N3S/c13-12(14,15)11-5-10(9(16)6-18-11)17-3-1-8-2-4-19-7-8/h2,4-7H,1,3,16H2,(H,17,18). The zero-order valence-corrected chi connectivity index (χ0v) is 10.7. The van der Waals surface area contributed by atoms with Gasteiger partial charge in [-0.25, -0.2) is 4.98 Å². The number of hydrogen-bond acceptors (Lipinski definition) is 4. The number of pyridine rings is 1. The molecule has 3 nitrogen and oxygen atoms in total. The predicted molar refractivity (Wildman–Crippen MR) is 70.2 cm³/mol. The maximum absolute atomic E-state index is 12.5. The van der Waals surface area contributed by atoms with Crippen LogP contribution in [0.25, 0.3) is 0 Å². The molecule has 2 rings (SSSR count). The molecule has 0 radical (unpaired) electrons. The third-order valence-corrected chi connectivity index (χ3v) is 3.27. The average Bonchev–Trinajstić information content (AvgIpc) is 2.83. The van der Waals surface area contributed by atoms with E-state index in [1.165, 1.54) is 0 Å². The number of thiophene rings is 1. The van der Waals surface area contributed by atoms with E-state index < -0.39 is 11.9 Å². The molecule has 19 heavy (non-hydrogen) atoms. The van der Waals surface area contributed by atoms with Crippen LogP contribution in [-0.2, 0) is 12.6 Å². The van der Waals surface area contributed by atoms with Crippen LogP contribution in [0, 0.1) is 0 Å². The third kappa shape index (κ3) is 3.60. The lowest BCUT2D eigenvalue weighted by molar-refractivity contribution is -0.141. The van der Waals surface area contributed by atoms with Crippen LogP contribution < -0.4 is 11.1 Å². The van der Waals surface area contributed by atoms with E-state index in [2.05, 4.69) is 10.3 Å². The van der Waals surface area contributed by atoms with E-state index in [1.807, 2.05) is 16.8 Å². The van der Waals surface area contributed by atoms with E-state index in [0.717, 1.165) is 24.2 Å². The Bertz CT molecular complexity index is 538. The van der Waals surface area contributed by atoms with Gasteiger partial charge in [0.05, 0.1) is 17.6 Å². The van der Waals surface area contributed by atoms with Crippen molar-refractivity contribution in [3.63, 3.8) is 0 Å². The fourth-order valence-corrected chi connectivity index (χ4v) is 2.25. The Hall–Kier alpha value is -1.76. The lowest BCUT2D eigenvalue weighted by Crippen LogP contribution is -2.12. The summed E-state index contributed by atoms with van der Waals surface area (Å²) in [5.74, 6) is 0. The van der Waals surface area contributed by atoms with Gasteiger partial charge in [-0.05, 0) is 34.9 Å². The normalized spacial score (nSPS) is 11.5. The lowest BCUT2D eigenvalue weighted by Gasteiger charge is -2.12. The highest BCUT2D eigenvalue weighted by molar-refractivity contribution is 7.07. The molecule has 0 unspecified atom stereocenters. The van der Waals surface area contributed by atoms with Crippen LogP contribution in [0.15, 0.2) is 29.1 Å². The summed E-state index contributed by atoms with van der Waals surface area (Å²) in [6.45, 7) is 0.516. The minimum atomic E-state index is -4.46. The first-order chi connectivity index (χ1) is 8.97. The quantitative estimate of drug-likeness (QED) is 0.906. The molecule has 2 aromatic heterocycles. The summed E-state index contributed by atoms with van der Waals surface area (Å²) in [4.78, 5) is 3.28. The number of alkyl halides is 3. The van der Waals surface area contributed by atoms with Crippen molar-refractivity contribution in [1.82, 2.24) is 4.98 Å². The molecule has 0 bridgehead atoms. The molecule has 0 aliphatic heterocycles. The minimum absolute atomic E-state index is 0.207. The number of halogens is 3. The van der Waals surface area contributed by atoms with Crippen LogP contribution in [0.2, 0.25) is 0 Å². The molecule has 0 aliphatic carbocycles. The monoisotopic (exact) mass is 287 g/mol. The maximum Gasteiger partial charge on any atom is 0.433 e. The van der Waals surface area contributed by atoms with Gasteiger partial charge in [0.25, 0.3) is 0 Å². The lowest BCUT2D eigenvalue weighted by atomic mass is 10.2. The SMILES string of the molecule is Nc1cnc(C(F)(F)F)cc1NCCc1ccsc1. The molecule has 0 fully saturated rings. The van der Waals surface area contributed by atoms with Gasteiger partial charge >= 0.3 is 6.18 Å².